The van der Waals surface area contributed by atoms with Crippen LogP contribution in [0.1, 0.15) is 60.8 Å². The number of hydrogen-bond acceptors (Lipinski definition) is 2. The SMILES string of the molecule is CC(C)(C)CCC(O)CCOC(C)(C)C. The average Bonchev–Trinajstić information content (AvgIpc) is 1.97. The molecule has 0 fully saturated rings. The average molecular weight is 216 g/mol. The minimum absolute atomic E-state index is 0.0935. The van der Waals surface area contributed by atoms with E-state index in [9.17, 15) is 5.11 Å². The molecule has 0 radical (unpaired) electrons. The summed E-state index contributed by atoms with van der Waals surface area (Å²) in [7, 11) is 0. The monoisotopic (exact) mass is 216 g/mol. The summed E-state index contributed by atoms with van der Waals surface area (Å²) in [6.07, 6.45) is 2.46. The molecule has 0 aliphatic heterocycles. The predicted molar refractivity (Wildman–Crippen MR) is 65.0 cm³/mol. The third-order valence-electron chi connectivity index (χ3n) is 2.21. The van der Waals surface area contributed by atoms with E-state index in [2.05, 4.69) is 20.8 Å². The molecule has 0 saturated carbocycles. The van der Waals surface area contributed by atoms with Crippen molar-refractivity contribution >= 4 is 0 Å². The van der Waals surface area contributed by atoms with Gasteiger partial charge in [-0.2, -0.15) is 0 Å². The van der Waals surface area contributed by atoms with Gasteiger partial charge in [-0.15, -0.1) is 0 Å². The summed E-state index contributed by atoms with van der Waals surface area (Å²) in [4.78, 5) is 0. The van der Waals surface area contributed by atoms with Gasteiger partial charge in [0.1, 0.15) is 0 Å². The van der Waals surface area contributed by atoms with Crippen LogP contribution in [0.4, 0.5) is 0 Å². The third-order valence-corrected chi connectivity index (χ3v) is 2.21. The molecule has 0 bridgehead atoms. The van der Waals surface area contributed by atoms with Crippen molar-refractivity contribution in [3.8, 4) is 0 Å². The van der Waals surface area contributed by atoms with Gasteiger partial charge in [0.15, 0.2) is 0 Å². The lowest BCUT2D eigenvalue weighted by atomic mass is 9.89. The van der Waals surface area contributed by atoms with E-state index in [4.69, 9.17) is 4.74 Å². The Balaban J connectivity index is 3.54. The van der Waals surface area contributed by atoms with Crippen molar-refractivity contribution in [2.24, 2.45) is 5.41 Å². The molecule has 92 valence electrons. The van der Waals surface area contributed by atoms with Crippen LogP contribution in [0.25, 0.3) is 0 Å². The first-order valence-corrected chi connectivity index (χ1v) is 5.92. The molecule has 2 nitrogen and oxygen atoms in total. The minimum atomic E-state index is -0.216. The smallest absolute Gasteiger partial charge is 0.0598 e. The van der Waals surface area contributed by atoms with Gasteiger partial charge in [0.05, 0.1) is 11.7 Å². The van der Waals surface area contributed by atoms with Crippen molar-refractivity contribution in [3.05, 3.63) is 0 Å². The highest BCUT2D eigenvalue weighted by atomic mass is 16.5. The third kappa shape index (κ3) is 11.8. The summed E-state index contributed by atoms with van der Waals surface area (Å²) in [5, 5.41) is 9.73. The van der Waals surface area contributed by atoms with Crippen molar-refractivity contribution < 1.29 is 9.84 Å². The number of aliphatic hydroxyl groups excluding tert-OH is 1. The lowest BCUT2D eigenvalue weighted by Crippen LogP contribution is -2.22. The molecule has 0 aromatic heterocycles. The van der Waals surface area contributed by atoms with Crippen molar-refractivity contribution in [1.82, 2.24) is 0 Å². The Kier molecular flexibility index (Phi) is 5.82. The van der Waals surface area contributed by atoms with Crippen molar-refractivity contribution in [2.45, 2.75) is 72.5 Å². The first-order valence-electron chi connectivity index (χ1n) is 5.92. The topological polar surface area (TPSA) is 29.5 Å². The molecule has 0 amide bonds. The zero-order chi connectivity index (χ0) is 12.1. The highest BCUT2D eigenvalue weighted by Crippen LogP contribution is 2.22. The van der Waals surface area contributed by atoms with Gasteiger partial charge >= 0.3 is 0 Å². The van der Waals surface area contributed by atoms with Crippen LogP contribution in [0.5, 0.6) is 0 Å². The van der Waals surface area contributed by atoms with Gasteiger partial charge in [-0.25, -0.2) is 0 Å². The van der Waals surface area contributed by atoms with Crippen LogP contribution in [0.2, 0.25) is 0 Å². The molecular formula is C13H28O2. The Morgan fingerprint density at radius 1 is 1.00 bits per heavy atom. The van der Waals surface area contributed by atoms with Crippen molar-refractivity contribution in [1.29, 1.82) is 0 Å². The van der Waals surface area contributed by atoms with Gasteiger partial charge < -0.3 is 9.84 Å². The standard InChI is InChI=1S/C13H28O2/c1-12(2,3)9-7-11(14)8-10-15-13(4,5)6/h11,14H,7-10H2,1-6H3. The molecule has 0 aromatic carbocycles. The Hall–Kier alpha value is -0.0800. The van der Waals surface area contributed by atoms with E-state index in [1.807, 2.05) is 20.8 Å². The van der Waals surface area contributed by atoms with Gasteiger partial charge in [-0.3, -0.25) is 0 Å². The normalized spacial score (nSPS) is 15.4. The first kappa shape index (κ1) is 14.9. The molecular weight excluding hydrogens is 188 g/mol. The summed E-state index contributed by atoms with van der Waals surface area (Å²) in [6.45, 7) is 13.4. The largest absolute Gasteiger partial charge is 0.393 e. The molecule has 1 atom stereocenters. The number of rotatable bonds is 5. The second kappa shape index (κ2) is 5.86. The molecule has 1 unspecified atom stereocenters. The lowest BCUT2D eigenvalue weighted by molar-refractivity contribution is -0.0201. The molecule has 0 aromatic rings. The van der Waals surface area contributed by atoms with E-state index in [1.165, 1.54) is 0 Å². The molecule has 0 aliphatic rings. The van der Waals surface area contributed by atoms with E-state index in [0.29, 0.717) is 12.0 Å². The van der Waals surface area contributed by atoms with Crippen LogP contribution in [0.15, 0.2) is 0 Å². The van der Waals surface area contributed by atoms with E-state index in [1.54, 1.807) is 0 Å². The summed E-state index contributed by atoms with van der Waals surface area (Å²) >= 11 is 0. The van der Waals surface area contributed by atoms with Crippen LogP contribution in [0.3, 0.4) is 0 Å². The Bertz CT molecular complexity index is 162. The summed E-state index contributed by atoms with van der Waals surface area (Å²) in [5.41, 5.74) is 0.218. The van der Waals surface area contributed by atoms with Crippen LogP contribution in [-0.2, 0) is 4.74 Å². The van der Waals surface area contributed by atoms with Crippen molar-refractivity contribution in [3.63, 3.8) is 0 Å². The second-order valence-corrected chi connectivity index (χ2v) is 6.50. The fourth-order valence-electron chi connectivity index (χ4n) is 1.25. The maximum absolute atomic E-state index is 9.73. The number of ether oxygens (including phenoxy) is 1. The second-order valence-electron chi connectivity index (χ2n) is 6.50. The predicted octanol–water partition coefficient (Wildman–Crippen LogP) is 3.38. The van der Waals surface area contributed by atoms with Crippen LogP contribution in [-0.4, -0.2) is 23.4 Å². The van der Waals surface area contributed by atoms with Gasteiger partial charge in [0.2, 0.25) is 0 Å². The Morgan fingerprint density at radius 2 is 1.53 bits per heavy atom. The zero-order valence-corrected chi connectivity index (χ0v) is 11.3. The van der Waals surface area contributed by atoms with Crippen LogP contribution in [0, 0.1) is 5.41 Å². The van der Waals surface area contributed by atoms with Gasteiger partial charge in [0.25, 0.3) is 0 Å². The molecule has 0 aliphatic carbocycles. The molecule has 2 heteroatoms. The molecule has 15 heavy (non-hydrogen) atoms. The Morgan fingerprint density at radius 3 is 1.93 bits per heavy atom. The fraction of sp³-hybridized carbons (Fsp3) is 1.00. The molecule has 0 spiro atoms. The number of aliphatic hydroxyl groups is 1. The zero-order valence-electron chi connectivity index (χ0n) is 11.3. The van der Waals surface area contributed by atoms with Gasteiger partial charge in [-0.05, 0) is 45.4 Å². The summed E-state index contributed by atoms with van der Waals surface area (Å²) < 4.78 is 5.57. The van der Waals surface area contributed by atoms with Gasteiger partial charge in [0, 0.05) is 6.61 Å². The highest BCUT2D eigenvalue weighted by Gasteiger charge is 2.15. The molecule has 0 rings (SSSR count). The molecule has 0 heterocycles. The molecule has 0 saturated heterocycles. The van der Waals surface area contributed by atoms with Crippen molar-refractivity contribution in [2.75, 3.05) is 6.61 Å². The quantitative estimate of drug-likeness (QED) is 0.763. The minimum Gasteiger partial charge on any atom is -0.393 e. The Labute approximate surface area is 95.0 Å². The van der Waals surface area contributed by atoms with E-state index < -0.39 is 0 Å². The molecule has 1 N–H and O–H groups in total. The maximum Gasteiger partial charge on any atom is 0.0598 e. The summed E-state index contributed by atoms with van der Waals surface area (Å²) in [5.74, 6) is 0. The van der Waals surface area contributed by atoms with E-state index >= 15 is 0 Å². The maximum atomic E-state index is 9.73. The number of hydrogen-bond donors (Lipinski definition) is 1. The fourth-order valence-corrected chi connectivity index (χ4v) is 1.25. The lowest BCUT2D eigenvalue weighted by Gasteiger charge is -2.22. The van der Waals surface area contributed by atoms with Crippen LogP contribution >= 0.6 is 0 Å². The van der Waals surface area contributed by atoms with Gasteiger partial charge in [-0.1, -0.05) is 20.8 Å². The van der Waals surface area contributed by atoms with Crippen LogP contribution < -0.4 is 0 Å². The highest BCUT2D eigenvalue weighted by molar-refractivity contribution is 4.66. The van der Waals surface area contributed by atoms with E-state index in [0.717, 1.165) is 19.3 Å². The van der Waals surface area contributed by atoms with E-state index in [-0.39, 0.29) is 11.7 Å². The summed E-state index contributed by atoms with van der Waals surface area (Å²) in [6, 6.07) is 0. The first-order chi connectivity index (χ1) is 6.60.